The van der Waals surface area contributed by atoms with Gasteiger partial charge >= 0.3 is 0 Å². The molecule has 0 amide bonds. The van der Waals surface area contributed by atoms with Gasteiger partial charge in [0.25, 0.3) is 0 Å². The van der Waals surface area contributed by atoms with Gasteiger partial charge in [0.2, 0.25) is 0 Å². The minimum Gasteiger partial charge on any atom is -0.497 e. The number of benzene rings is 1. The molecule has 1 aromatic carbocycles. The summed E-state index contributed by atoms with van der Waals surface area (Å²) < 4.78 is 5.12. The van der Waals surface area contributed by atoms with Gasteiger partial charge in [0.15, 0.2) is 0 Å². The van der Waals surface area contributed by atoms with Crippen LogP contribution in [0.4, 0.5) is 0 Å². The molecule has 0 spiro atoms. The Balaban J connectivity index is 2.50. The predicted octanol–water partition coefficient (Wildman–Crippen LogP) is 3.24. The van der Waals surface area contributed by atoms with E-state index in [1.165, 1.54) is 11.3 Å². The van der Waals surface area contributed by atoms with E-state index in [0.717, 1.165) is 18.1 Å². The van der Waals surface area contributed by atoms with Crippen LogP contribution in [0.1, 0.15) is 12.5 Å². The van der Waals surface area contributed by atoms with E-state index >= 15 is 0 Å². The average Bonchev–Trinajstić information content (AvgIpc) is 2.19. The van der Waals surface area contributed by atoms with Crippen molar-refractivity contribution in [3.05, 3.63) is 29.8 Å². The summed E-state index contributed by atoms with van der Waals surface area (Å²) in [4.78, 5) is 0. The molecule has 2 heteroatoms. The maximum Gasteiger partial charge on any atom is 0.118 e. The minimum absolute atomic E-state index is 0.749. The SMILES string of the molecule is COc1ccc(C[C@H](C)CSC)cc1. The standard InChI is InChI=1S/C12H18OS/c1-10(9-14-3)8-11-4-6-12(13-2)7-5-11/h4-7,10H,8-9H2,1-3H3/t10-/m0/s1. The average molecular weight is 210 g/mol. The molecule has 0 aliphatic carbocycles. The topological polar surface area (TPSA) is 9.23 Å². The van der Waals surface area contributed by atoms with Crippen LogP contribution in [0.3, 0.4) is 0 Å². The molecular weight excluding hydrogens is 192 g/mol. The first kappa shape index (κ1) is 11.4. The smallest absolute Gasteiger partial charge is 0.118 e. The summed E-state index contributed by atoms with van der Waals surface area (Å²) in [5, 5.41) is 0. The molecule has 0 saturated carbocycles. The van der Waals surface area contributed by atoms with Crippen LogP contribution in [0.25, 0.3) is 0 Å². The molecule has 0 fully saturated rings. The van der Waals surface area contributed by atoms with E-state index in [0.29, 0.717) is 0 Å². The van der Waals surface area contributed by atoms with Crippen LogP contribution in [0.2, 0.25) is 0 Å². The molecule has 0 aromatic heterocycles. The lowest BCUT2D eigenvalue weighted by Gasteiger charge is -2.09. The van der Waals surface area contributed by atoms with Crippen LogP contribution < -0.4 is 4.74 Å². The summed E-state index contributed by atoms with van der Waals surface area (Å²) in [6.45, 7) is 2.29. The Morgan fingerprint density at radius 2 is 1.93 bits per heavy atom. The zero-order valence-electron chi connectivity index (χ0n) is 9.12. The Bertz CT molecular complexity index is 256. The van der Waals surface area contributed by atoms with Crippen molar-refractivity contribution in [3.63, 3.8) is 0 Å². The first-order chi connectivity index (χ1) is 6.76. The van der Waals surface area contributed by atoms with Crippen LogP contribution in [0.5, 0.6) is 5.75 Å². The second kappa shape index (κ2) is 5.97. The second-order valence-electron chi connectivity index (χ2n) is 3.61. The minimum atomic E-state index is 0.749. The lowest BCUT2D eigenvalue weighted by molar-refractivity contribution is 0.414. The van der Waals surface area contributed by atoms with Crippen molar-refractivity contribution < 1.29 is 4.74 Å². The Morgan fingerprint density at radius 3 is 2.43 bits per heavy atom. The molecule has 0 saturated heterocycles. The van der Waals surface area contributed by atoms with Crippen molar-refractivity contribution in [1.82, 2.24) is 0 Å². The summed E-state index contributed by atoms with van der Waals surface area (Å²) in [5.74, 6) is 2.91. The molecule has 0 aliphatic heterocycles. The van der Waals surface area contributed by atoms with Gasteiger partial charge in [0, 0.05) is 0 Å². The van der Waals surface area contributed by atoms with E-state index in [2.05, 4.69) is 25.3 Å². The van der Waals surface area contributed by atoms with Crippen molar-refractivity contribution in [3.8, 4) is 5.75 Å². The summed E-state index contributed by atoms with van der Waals surface area (Å²) in [5.41, 5.74) is 1.40. The molecule has 0 radical (unpaired) electrons. The first-order valence-corrected chi connectivity index (χ1v) is 6.27. The highest BCUT2D eigenvalue weighted by Gasteiger charge is 2.02. The van der Waals surface area contributed by atoms with E-state index in [4.69, 9.17) is 4.74 Å². The van der Waals surface area contributed by atoms with Crippen LogP contribution >= 0.6 is 11.8 Å². The van der Waals surface area contributed by atoms with Gasteiger partial charge in [-0.1, -0.05) is 19.1 Å². The van der Waals surface area contributed by atoms with Crippen molar-refractivity contribution in [1.29, 1.82) is 0 Å². The number of hydrogen-bond acceptors (Lipinski definition) is 2. The molecule has 0 unspecified atom stereocenters. The van der Waals surface area contributed by atoms with Gasteiger partial charge in [-0.15, -0.1) is 0 Å². The molecule has 1 nitrogen and oxygen atoms in total. The Labute approximate surface area is 90.9 Å². The zero-order valence-corrected chi connectivity index (χ0v) is 9.93. The second-order valence-corrected chi connectivity index (χ2v) is 4.52. The van der Waals surface area contributed by atoms with E-state index in [1.807, 2.05) is 23.9 Å². The van der Waals surface area contributed by atoms with Gasteiger partial charge in [0.1, 0.15) is 5.75 Å². The van der Waals surface area contributed by atoms with E-state index in [1.54, 1.807) is 7.11 Å². The largest absolute Gasteiger partial charge is 0.497 e. The fraction of sp³-hybridized carbons (Fsp3) is 0.500. The fourth-order valence-electron chi connectivity index (χ4n) is 1.51. The van der Waals surface area contributed by atoms with Crippen LogP contribution in [-0.2, 0) is 6.42 Å². The lowest BCUT2D eigenvalue weighted by Crippen LogP contribution is -2.02. The molecule has 0 bridgehead atoms. The summed E-state index contributed by atoms with van der Waals surface area (Å²) >= 11 is 1.91. The normalized spacial score (nSPS) is 12.5. The summed E-state index contributed by atoms with van der Waals surface area (Å²) in [6, 6.07) is 8.35. The maximum atomic E-state index is 5.12. The summed E-state index contributed by atoms with van der Waals surface area (Å²) in [6.07, 6.45) is 3.31. The number of hydrogen-bond donors (Lipinski definition) is 0. The van der Waals surface area contributed by atoms with Crippen molar-refractivity contribution >= 4 is 11.8 Å². The Morgan fingerprint density at radius 1 is 1.29 bits per heavy atom. The number of thioether (sulfide) groups is 1. The number of rotatable bonds is 5. The molecule has 1 atom stereocenters. The Hall–Kier alpha value is -0.630. The van der Waals surface area contributed by atoms with Crippen molar-refractivity contribution in [2.24, 2.45) is 5.92 Å². The maximum absolute atomic E-state index is 5.12. The molecule has 0 aliphatic rings. The van der Waals surface area contributed by atoms with Gasteiger partial charge < -0.3 is 4.74 Å². The third-order valence-corrected chi connectivity index (χ3v) is 3.10. The highest BCUT2D eigenvalue weighted by molar-refractivity contribution is 7.98. The Kier molecular flexibility index (Phi) is 4.88. The molecule has 0 N–H and O–H groups in total. The quantitative estimate of drug-likeness (QED) is 0.738. The van der Waals surface area contributed by atoms with Gasteiger partial charge in [0.05, 0.1) is 7.11 Å². The monoisotopic (exact) mass is 210 g/mol. The van der Waals surface area contributed by atoms with Gasteiger partial charge in [-0.25, -0.2) is 0 Å². The zero-order chi connectivity index (χ0) is 10.4. The van der Waals surface area contributed by atoms with Crippen LogP contribution in [0, 0.1) is 5.92 Å². The highest BCUT2D eigenvalue weighted by atomic mass is 32.2. The molecule has 0 heterocycles. The van der Waals surface area contributed by atoms with Crippen molar-refractivity contribution in [2.75, 3.05) is 19.1 Å². The predicted molar refractivity (Wildman–Crippen MR) is 64.2 cm³/mol. The third-order valence-electron chi connectivity index (χ3n) is 2.19. The molecule has 1 aromatic rings. The fourth-order valence-corrected chi connectivity index (χ4v) is 2.19. The van der Waals surface area contributed by atoms with E-state index in [9.17, 15) is 0 Å². The van der Waals surface area contributed by atoms with E-state index in [-0.39, 0.29) is 0 Å². The number of ether oxygens (including phenoxy) is 1. The first-order valence-electron chi connectivity index (χ1n) is 4.88. The van der Waals surface area contributed by atoms with Gasteiger partial charge in [-0.2, -0.15) is 11.8 Å². The van der Waals surface area contributed by atoms with Crippen LogP contribution in [0.15, 0.2) is 24.3 Å². The molecular formula is C12H18OS. The summed E-state index contributed by atoms with van der Waals surface area (Å²) in [7, 11) is 1.70. The van der Waals surface area contributed by atoms with Gasteiger partial charge in [-0.05, 0) is 42.0 Å². The number of methoxy groups -OCH3 is 1. The van der Waals surface area contributed by atoms with Crippen LogP contribution in [-0.4, -0.2) is 19.1 Å². The third kappa shape index (κ3) is 3.62. The molecule has 78 valence electrons. The molecule has 14 heavy (non-hydrogen) atoms. The van der Waals surface area contributed by atoms with Gasteiger partial charge in [-0.3, -0.25) is 0 Å². The van der Waals surface area contributed by atoms with E-state index < -0.39 is 0 Å². The lowest BCUT2D eigenvalue weighted by atomic mass is 10.0. The highest BCUT2D eigenvalue weighted by Crippen LogP contribution is 2.16. The molecule has 1 rings (SSSR count). The van der Waals surface area contributed by atoms with Crippen molar-refractivity contribution in [2.45, 2.75) is 13.3 Å².